The highest BCUT2D eigenvalue weighted by Crippen LogP contribution is 2.49. The normalized spacial score (nSPS) is 13.8. The van der Waals surface area contributed by atoms with Crippen molar-refractivity contribution in [1.29, 1.82) is 0 Å². The summed E-state index contributed by atoms with van der Waals surface area (Å²) in [5.74, 6) is 0. The van der Waals surface area contributed by atoms with Crippen LogP contribution in [0.3, 0.4) is 0 Å². The molecule has 0 N–H and O–H groups in total. The van der Waals surface area contributed by atoms with Gasteiger partial charge in [-0.25, -0.2) is 0 Å². The van der Waals surface area contributed by atoms with Crippen LogP contribution >= 0.6 is 19.7 Å². The molecule has 2 aromatic carbocycles. The Morgan fingerprint density at radius 2 is 1.67 bits per heavy atom. The zero-order valence-corrected chi connectivity index (χ0v) is 13.3. The fourth-order valence-electron chi connectivity index (χ4n) is 1.62. The minimum Gasteiger partial charge on any atom is -0.121 e. The van der Waals surface area contributed by atoms with E-state index < -0.39 is 0 Å². The van der Waals surface area contributed by atoms with Crippen molar-refractivity contribution in [3.8, 4) is 0 Å². The van der Waals surface area contributed by atoms with E-state index in [0.717, 1.165) is 0 Å². The maximum Gasteiger partial charge on any atom is 0.0186 e. The van der Waals surface area contributed by atoms with Gasteiger partial charge in [0.1, 0.15) is 0 Å². The van der Waals surface area contributed by atoms with Crippen molar-refractivity contribution < 1.29 is 0 Å². The molecular weight excluding hydrogens is 255 g/mol. The summed E-state index contributed by atoms with van der Waals surface area (Å²) < 4.78 is 0. The zero-order chi connectivity index (χ0) is 13.2. The average Bonchev–Trinajstić information content (AvgIpc) is 2.34. The molecule has 0 radical (unpaired) electrons. The molecule has 18 heavy (non-hydrogen) atoms. The lowest BCUT2D eigenvalue weighted by molar-refractivity contribution is 0.787. The third-order valence-electron chi connectivity index (χ3n) is 3.29. The van der Waals surface area contributed by atoms with E-state index in [9.17, 15) is 0 Å². The molecule has 96 valence electrons. The second-order valence-corrected chi connectivity index (χ2v) is 10.2. The van der Waals surface area contributed by atoms with E-state index >= 15 is 0 Å². The third-order valence-corrected chi connectivity index (χ3v) is 8.23. The molecule has 0 aliphatic heterocycles. The average molecular weight is 276 g/mol. The van der Waals surface area contributed by atoms with Gasteiger partial charge < -0.3 is 0 Å². The van der Waals surface area contributed by atoms with Gasteiger partial charge in [0, 0.05) is 10.4 Å². The van der Waals surface area contributed by atoms with Gasteiger partial charge in [0.15, 0.2) is 0 Å². The molecule has 1 atom stereocenters. The second-order valence-electron chi connectivity index (χ2n) is 5.65. The molecule has 2 heteroatoms. The number of benzene rings is 2. The molecule has 0 saturated carbocycles. The van der Waals surface area contributed by atoms with Crippen molar-refractivity contribution >= 4 is 30.5 Å². The van der Waals surface area contributed by atoms with Crippen molar-refractivity contribution in [1.82, 2.24) is 0 Å². The highest BCUT2D eigenvalue weighted by atomic mass is 32.2. The molecule has 0 spiro atoms. The first kappa shape index (κ1) is 13.9. The summed E-state index contributed by atoms with van der Waals surface area (Å²) in [5.41, 5.74) is 1.25. The van der Waals surface area contributed by atoms with E-state index in [1.54, 1.807) is 0 Å². The van der Waals surface area contributed by atoms with Gasteiger partial charge in [-0.1, -0.05) is 59.0 Å². The quantitative estimate of drug-likeness (QED) is 0.504. The Morgan fingerprint density at radius 1 is 1.00 bits per heavy atom. The van der Waals surface area contributed by atoms with Crippen LogP contribution in [0.5, 0.6) is 0 Å². The molecule has 0 aromatic heterocycles. The molecule has 0 amide bonds. The van der Waals surface area contributed by atoms with E-state index in [4.69, 9.17) is 0 Å². The van der Waals surface area contributed by atoms with E-state index in [1.165, 1.54) is 21.2 Å². The second kappa shape index (κ2) is 5.63. The first-order valence-electron chi connectivity index (χ1n) is 6.30. The highest BCUT2D eigenvalue weighted by molar-refractivity contribution is 8.05. The van der Waals surface area contributed by atoms with Crippen LogP contribution < -0.4 is 0 Å². The molecule has 2 aromatic rings. The Bertz CT molecular complexity index is 528. The summed E-state index contributed by atoms with van der Waals surface area (Å²) in [6.07, 6.45) is 0. The van der Waals surface area contributed by atoms with Crippen molar-refractivity contribution in [3.05, 3.63) is 42.5 Å². The van der Waals surface area contributed by atoms with Gasteiger partial charge in [-0.2, -0.15) is 0 Å². The maximum absolute atomic E-state index is 2.41. The largest absolute Gasteiger partial charge is 0.121 e. The lowest BCUT2D eigenvalue weighted by Crippen LogP contribution is -2.11. The van der Waals surface area contributed by atoms with Gasteiger partial charge in [-0.05, 0) is 34.7 Å². The van der Waals surface area contributed by atoms with Crippen LogP contribution in [0.4, 0.5) is 0 Å². The zero-order valence-electron chi connectivity index (χ0n) is 11.6. The maximum atomic E-state index is 2.41. The molecule has 0 nitrogen and oxygen atoms in total. The number of thioether (sulfide) groups is 1. The predicted octanol–water partition coefficient (Wildman–Crippen LogP) is 5.80. The van der Waals surface area contributed by atoms with Crippen LogP contribution in [-0.4, -0.2) is 17.3 Å². The Labute approximate surface area is 116 Å². The van der Waals surface area contributed by atoms with E-state index in [2.05, 4.69) is 69.9 Å². The van der Waals surface area contributed by atoms with Gasteiger partial charge >= 0.3 is 0 Å². The molecule has 2 rings (SSSR count). The van der Waals surface area contributed by atoms with Crippen LogP contribution in [0.2, 0.25) is 0 Å². The predicted molar refractivity (Wildman–Crippen MR) is 87.3 cm³/mol. The molecule has 0 heterocycles. The molecule has 0 aliphatic rings. The fourth-order valence-corrected chi connectivity index (χ4v) is 4.92. The van der Waals surface area contributed by atoms with Gasteiger partial charge in [-0.15, -0.1) is 11.8 Å². The monoisotopic (exact) mass is 276 g/mol. The van der Waals surface area contributed by atoms with Crippen LogP contribution in [0.25, 0.3) is 10.8 Å². The molecular formula is C16H21PS. The lowest BCUT2D eigenvalue weighted by atomic mass is 10.1. The summed E-state index contributed by atoms with van der Waals surface area (Å²) in [4.78, 5) is 1.40. The van der Waals surface area contributed by atoms with Gasteiger partial charge in [0.2, 0.25) is 0 Å². The van der Waals surface area contributed by atoms with Gasteiger partial charge in [-0.3, -0.25) is 0 Å². The topological polar surface area (TPSA) is 0 Å². The number of hydrogen-bond acceptors (Lipinski definition) is 1. The molecule has 1 unspecified atom stereocenters. The summed E-state index contributed by atoms with van der Waals surface area (Å²) >= 11 is 2.00. The number of hydrogen-bond donors (Lipinski definition) is 0. The van der Waals surface area contributed by atoms with Gasteiger partial charge in [0.25, 0.3) is 0 Å². The Kier molecular flexibility index (Phi) is 4.35. The first-order valence-corrected chi connectivity index (χ1v) is 9.25. The van der Waals surface area contributed by atoms with Gasteiger partial charge in [0.05, 0.1) is 0 Å². The molecule has 0 saturated heterocycles. The highest BCUT2D eigenvalue weighted by Gasteiger charge is 2.19. The standard InChI is InChI=1S/C16H21PS/c1-16(2,3)17(4)12-18-15-10-9-13-7-5-6-8-14(13)11-15/h5-11H,12H2,1-4H3. The SMILES string of the molecule is CP(CSc1ccc2ccccc2c1)C(C)(C)C. The lowest BCUT2D eigenvalue weighted by Gasteiger charge is -2.27. The third kappa shape index (κ3) is 3.49. The molecule has 0 fully saturated rings. The minimum atomic E-state index is 0.0745. The van der Waals surface area contributed by atoms with Crippen molar-refractivity contribution in [3.63, 3.8) is 0 Å². The Balaban J connectivity index is 2.08. The Hall–Kier alpha value is -0.520. The smallest absolute Gasteiger partial charge is 0.0186 e. The summed E-state index contributed by atoms with van der Waals surface area (Å²) in [6.45, 7) is 9.45. The van der Waals surface area contributed by atoms with E-state index in [0.29, 0.717) is 5.16 Å². The number of rotatable bonds is 3. The Morgan fingerprint density at radius 3 is 2.33 bits per heavy atom. The summed E-state index contributed by atoms with van der Waals surface area (Å²) in [5, 5.41) is 3.13. The van der Waals surface area contributed by atoms with Crippen molar-refractivity contribution in [2.24, 2.45) is 0 Å². The summed E-state index contributed by atoms with van der Waals surface area (Å²) in [6, 6.07) is 15.4. The van der Waals surface area contributed by atoms with Crippen molar-refractivity contribution in [2.75, 3.05) is 12.2 Å². The fraction of sp³-hybridized carbons (Fsp3) is 0.375. The van der Waals surface area contributed by atoms with E-state index in [-0.39, 0.29) is 7.92 Å². The number of fused-ring (bicyclic) bond motifs is 1. The van der Waals surface area contributed by atoms with Crippen LogP contribution in [0, 0.1) is 0 Å². The van der Waals surface area contributed by atoms with Crippen LogP contribution in [-0.2, 0) is 0 Å². The molecule has 0 bridgehead atoms. The minimum absolute atomic E-state index is 0.0745. The van der Waals surface area contributed by atoms with Crippen LogP contribution in [0.1, 0.15) is 20.8 Å². The van der Waals surface area contributed by atoms with Crippen LogP contribution in [0.15, 0.2) is 47.4 Å². The first-order chi connectivity index (χ1) is 8.47. The summed E-state index contributed by atoms with van der Waals surface area (Å²) in [7, 11) is 0.0745. The van der Waals surface area contributed by atoms with E-state index in [1.807, 2.05) is 11.8 Å². The molecule has 0 aliphatic carbocycles. The van der Waals surface area contributed by atoms with Crippen molar-refractivity contribution in [2.45, 2.75) is 30.8 Å².